The number of hydrogen-bond acceptors (Lipinski definition) is 3. The fourth-order valence-corrected chi connectivity index (χ4v) is 1.56. The number of ether oxygens (including phenoxy) is 1. The Morgan fingerprint density at radius 3 is 2.93 bits per heavy atom. The molecule has 0 saturated heterocycles. The van der Waals surface area contributed by atoms with Gasteiger partial charge in [-0.1, -0.05) is 0 Å². The van der Waals surface area contributed by atoms with Gasteiger partial charge in [0.25, 0.3) is 0 Å². The lowest BCUT2D eigenvalue weighted by Crippen LogP contribution is -2.23. The Morgan fingerprint density at radius 1 is 1.43 bits per heavy atom. The molecule has 0 bridgehead atoms. The monoisotopic (exact) mass is 192 g/mol. The highest BCUT2D eigenvalue weighted by atomic mass is 16.5. The summed E-state index contributed by atoms with van der Waals surface area (Å²) in [6, 6.07) is 2.08. The number of hydrogen-bond donors (Lipinski definition) is 1. The highest BCUT2D eigenvalue weighted by Gasteiger charge is 2.15. The van der Waals surface area contributed by atoms with E-state index in [-0.39, 0.29) is 5.60 Å². The minimum absolute atomic E-state index is 0.151. The predicted molar refractivity (Wildman–Crippen MR) is 56.8 cm³/mol. The van der Waals surface area contributed by atoms with Crippen molar-refractivity contribution in [1.29, 1.82) is 0 Å². The van der Waals surface area contributed by atoms with Gasteiger partial charge >= 0.3 is 0 Å². The highest BCUT2D eigenvalue weighted by molar-refractivity contribution is 5.51. The van der Waals surface area contributed by atoms with E-state index in [2.05, 4.69) is 16.4 Å². The first-order chi connectivity index (χ1) is 6.54. The van der Waals surface area contributed by atoms with E-state index in [4.69, 9.17) is 4.74 Å². The molecule has 0 radical (unpaired) electrons. The summed E-state index contributed by atoms with van der Waals surface area (Å²) in [5.41, 5.74) is 1.11. The summed E-state index contributed by atoms with van der Waals surface area (Å²) < 4.78 is 5.74. The van der Waals surface area contributed by atoms with Gasteiger partial charge in [-0.3, -0.25) is 0 Å². The fourth-order valence-electron chi connectivity index (χ4n) is 1.56. The van der Waals surface area contributed by atoms with E-state index >= 15 is 0 Å². The molecule has 3 nitrogen and oxygen atoms in total. The standard InChI is InChI=1S/C11H16N2O/c1-11(2,3)14-9-6-8-4-5-12-10(8)13-7-9/h6-7H,4-5H2,1-3H3,(H,12,13). The molecule has 0 aromatic carbocycles. The topological polar surface area (TPSA) is 34.1 Å². The van der Waals surface area contributed by atoms with Crippen LogP contribution in [0.15, 0.2) is 12.3 Å². The molecule has 1 aliphatic heterocycles. The summed E-state index contributed by atoms with van der Waals surface area (Å²) in [7, 11) is 0. The average molecular weight is 192 g/mol. The number of anilines is 1. The maximum absolute atomic E-state index is 5.74. The summed E-state index contributed by atoms with van der Waals surface area (Å²) in [5, 5.41) is 3.22. The van der Waals surface area contributed by atoms with Gasteiger partial charge in [-0.05, 0) is 38.8 Å². The number of fused-ring (bicyclic) bond motifs is 1. The lowest BCUT2D eigenvalue weighted by atomic mass is 10.2. The molecule has 76 valence electrons. The van der Waals surface area contributed by atoms with Crippen molar-refractivity contribution in [3.63, 3.8) is 0 Å². The van der Waals surface area contributed by atoms with Crippen LogP contribution in [0, 0.1) is 0 Å². The lowest BCUT2D eigenvalue weighted by Gasteiger charge is -2.21. The minimum atomic E-state index is -0.151. The Bertz CT molecular complexity index is 342. The van der Waals surface area contributed by atoms with Crippen LogP contribution in [-0.4, -0.2) is 17.1 Å². The van der Waals surface area contributed by atoms with E-state index in [1.807, 2.05) is 20.8 Å². The Morgan fingerprint density at radius 2 is 2.21 bits per heavy atom. The van der Waals surface area contributed by atoms with Gasteiger partial charge in [0.15, 0.2) is 0 Å². The number of rotatable bonds is 1. The van der Waals surface area contributed by atoms with Crippen LogP contribution in [0.3, 0.4) is 0 Å². The molecule has 2 heterocycles. The predicted octanol–water partition coefficient (Wildman–Crippen LogP) is 2.23. The zero-order valence-corrected chi connectivity index (χ0v) is 8.92. The summed E-state index contributed by atoms with van der Waals surface area (Å²) in [5.74, 6) is 1.87. The van der Waals surface area contributed by atoms with Gasteiger partial charge < -0.3 is 10.1 Å². The molecule has 0 spiro atoms. The SMILES string of the molecule is CC(C)(C)Oc1cnc2c(c1)CCN2. The van der Waals surface area contributed by atoms with E-state index in [0.717, 1.165) is 24.5 Å². The quantitative estimate of drug-likeness (QED) is 0.741. The van der Waals surface area contributed by atoms with Crippen molar-refractivity contribution in [3.05, 3.63) is 17.8 Å². The molecule has 1 aromatic rings. The largest absolute Gasteiger partial charge is 0.487 e. The molecule has 0 aliphatic carbocycles. The van der Waals surface area contributed by atoms with Crippen LogP contribution in [0.5, 0.6) is 5.75 Å². The fraction of sp³-hybridized carbons (Fsp3) is 0.545. The zero-order valence-electron chi connectivity index (χ0n) is 8.92. The zero-order chi connectivity index (χ0) is 10.2. The summed E-state index contributed by atoms with van der Waals surface area (Å²) in [6.07, 6.45) is 2.83. The smallest absolute Gasteiger partial charge is 0.138 e. The van der Waals surface area contributed by atoms with Crippen molar-refractivity contribution in [2.75, 3.05) is 11.9 Å². The molecule has 0 unspecified atom stereocenters. The molecule has 0 atom stereocenters. The first kappa shape index (κ1) is 9.31. The van der Waals surface area contributed by atoms with E-state index in [9.17, 15) is 0 Å². The second kappa shape index (κ2) is 3.15. The molecule has 0 saturated carbocycles. The Hall–Kier alpha value is -1.25. The molecule has 1 aliphatic rings. The second-order valence-electron chi connectivity index (χ2n) is 4.57. The van der Waals surface area contributed by atoms with Gasteiger partial charge in [0.2, 0.25) is 0 Å². The third-order valence-electron chi connectivity index (χ3n) is 2.05. The van der Waals surface area contributed by atoms with Gasteiger partial charge in [0, 0.05) is 6.54 Å². The molecule has 14 heavy (non-hydrogen) atoms. The summed E-state index contributed by atoms with van der Waals surface area (Å²) in [4.78, 5) is 4.31. The van der Waals surface area contributed by atoms with Gasteiger partial charge in [-0.25, -0.2) is 4.98 Å². The molecule has 1 N–H and O–H groups in total. The molecule has 2 rings (SSSR count). The summed E-state index contributed by atoms with van der Waals surface area (Å²) in [6.45, 7) is 7.11. The normalized spacial score (nSPS) is 14.8. The van der Waals surface area contributed by atoms with Crippen LogP contribution in [-0.2, 0) is 6.42 Å². The van der Waals surface area contributed by atoms with Gasteiger partial charge in [0.05, 0.1) is 6.20 Å². The molecular weight excluding hydrogens is 176 g/mol. The van der Waals surface area contributed by atoms with Crippen LogP contribution < -0.4 is 10.1 Å². The first-order valence-electron chi connectivity index (χ1n) is 4.96. The van der Waals surface area contributed by atoms with Crippen molar-refractivity contribution in [2.45, 2.75) is 32.8 Å². The molecule has 1 aromatic heterocycles. The maximum atomic E-state index is 5.74. The van der Waals surface area contributed by atoms with Gasteiger partial charge in [-0.15, -0.1) is 0 Å². The van der Waals surface area contributed by atoms with Crippen LogP contribution in [0.1, 0.15) is 26.3 Å². The van der Waals surface area contributed by atoms with Crippen LogP contribution >= 0.6 is 0 Å². The van der Waals surface area contributed by atoms with E-state index in [1.54, 1.807) is 6.20 Å². The third kappa shape index (κ3) is 1.97. The number of nitrogens with one attached hydrogen (secondary N) is 1. The van der Waals surface area contributed by atoms with Crippen molar-refractivity contribution in [1.82, 2.24) is 4.98 Å². The lowest BCUT2D eigenvalue weighted by molar-refractivity contribution is 0.130. The molecule has 3 heteroatoms. The van der Waals surface area contributed by atoms with Crippen LogP contribution in [0.4, 0.5) is 5.82 Å². The number of pyridine rings is 1. The Labute approximate surface area is 84.5 Å². The van der Waals surface area contributed by atoms with Gasteiger partial charge in [-0.2, -0.15) is 0 Å². The van der Waals surface area contributed by atoms with Crippen LogP contribution in [0.2, 0.25) is 0 Å². The Balaban J connectivity index is 2.21. The molecular formula is C11H16N2O. The molecule has 0 fully saturated rings. The highest BCUT2D eigenvalue weighted by Crippen LogP contribution is 2.25. The maximum Gasteiger partial charge on any atom is 0.138 e. The Kier molecular flexibility index (Phi) is 2.10. The third-order valence-corrected chi connectivity index (χ3v) is 2.05. The second-order valence-corrected chi connectivity index (χ2v) is 4.57. The van der Waals surface area contributed by atoms with E-state index < -0.39 is 0 Å². The van der Waals surface area contributed by atoms with Crippen molar-refractivity contribution in [2.24, 2.45) is 0 Å². The van der Waals surface area contributed by atoms with Crippen molar-refractivity contribution < 1.29 is 4.74 Å². The van der Waals surface area contributed by atoms with E-state index in [1.165, 1.54) is 5.56 Å². The van der Waals surface area contributed by atoms with E-state index in [0.29, 0.717) is 0 Å². The minimum Gasteiger partial charge on any atom is -0.487 e. The van der Waals surface area contributed by atoms with Crippen molar-refractivity contribution >= 4 is 5.82 Å². The van der Waals surface area contributed by atoms with Gasteiger partial charge in [0.1, 0.15) is 17.2 Å². The van der Waals surface area contributed by atoms with Crippen LogP contribution in [0.25, 0.3) is 0 Å². The number of nitrogens with zero attached hydrogens (tertiary/aromatic N) is 1. The van der Waals surface area contributed by atoms with Crippen molar-refractivity contribution in [3.8, 4) is 5.75 Å². The summed E-state index contributed by atoms with van der Waals surface area (Å²) >= 11 is 0. The number of aromatic nitrogens is 1. The average Bonchev–Trinajstić information content (AvgIpc) is 2.47. The molecule has 0 amide bonds. The first-order valence-corrected chi connectivity index (χ1v) is 4.96.